The standard InChI is InChI=1S/C20H19N5O/c1-24-12-16(18-4-2-3-5-19(18)24)10-20(26)23-17-8-6-15(7-9-17)11-25-14-21-13-22-25/h2-9,12-14H,10-11H2,1H3,(H,23,26). The summed E-state index contributed by atoms with van der Waals surface area (Å²) in [6, 6.07) is 15.9. The lowest BCUT2D eigenvalue weighted by atomic mass is 10.1. The minimum atomic E-state index is -0.0228. The Labute approximate surface area is 151 Å². The summed E-state index contributed by atoms with van der Waals surface area (Å²) in [6.07, 6.45) is 5.56. The number of carbonyl (C=O) groups is 1. The molecule has 0 spiro atoms. The molecule has 0 aliphatic heterocycles. The van der Waals surface area contributed by atoms with Crippen LogP contribution in [0.1, 0.15) is 11.1 Å². The number of aryl methyl sites for hydroxylation is 1. The highest BCUT2D eigenvalue weighted by Crippen LogP contribution is 2.21. The van der Waals surface area contributed by atoms with Crippen molar-refractivity contribution in [3.05, 3.63) is 78.5 Å². The van der Waals surface area contributed by atoms with E-state index in [1.807, 2.05) is 49.6 Å². The van der Waals surface area contributed by atoms with Gasteiger partial charge in [0.25, 0.3) is 0 Å². The van der Waals surface area contributed by atoms with Crippen molar-refractivity contribution in [3.63, 3.8) is 0 Å². The lowest BCUT2D eigenvalue weighted by Crippen LogP contribution is -2.14. The van der Waals surface area contributed by atoms with Crippen LogP contribution in [0.5, 0.6) is 0 Å². The average Bonchev–Trinajstić information content (AvgIpc) is 3.26. The van der Waals surface area contributed by atoms with Gasteiger partial charge in [-0.2, -0.15) is 5.10 Å². The summed E-state index contributed by atoms with van der Waals surface area (Å²) in [7, 11) is 2.00. The molecule has 2 aromatic heterocycles. The second-order valence-electron chi connectivity index (χ2n) is 6.30. The maximum absolute atomic E-state index is 12.4. The normalized spacial score (nSPS) is 11.0. The molecule has 1 amide bonds. The highest BCUT2D eigenvalue weighted by molar-refractivity contribution is 5.95. The van der Waals surface area contributed by atoms with Gasteiger partial charge in [0.05, 0.1) is 13.0 Å². The van der Waals surface area contributed by atoms with E-state index in [4.69, 9.17) is 0 Å². The monoisotopic (exact) mass is 345 g/mol. The van der Waals surface area contributed by atoms with E-state index in [1.54, 1.807) is 11.0 Å². The molecule has 0 saturated heterocycles. The first kappa shape index (κ1) is 16.1. The predicted molar refractivity (Wildman–Crippen MR) is 101 cm³/mol. The summed E-state index contributed by atoms with van der Waals surface area (Å²) in [6.45, 7) is 0.657. The molecule has 0 aliphatic rings. The second-order valence-corrected chi connectivity index (χ2v) is 6.30. The maximum atomic E-state index is 12.4. The molecule has 0 bridgehead atoms. The fraction of sp³-hybridized carbons (Fsp3) is 0.150. The molecule has 4 aromatic rings. The van der Waals surface area contributed by atoms with Crippen LogP contribution in [0.3, 0.4) is 0 Å². The van der Waals surface area contributed by atoms with Crippen LogP contribution >= 0.6 is 0 Å². The SMILES string of the molecule is Cn1cc(CC(=O)Nc2ccc(Cn3cncn3)cc2)c2ccccc21. The van der Waals surface area contributed by atoms with Crippen LogP contribution in [-0.2, 0) is 24.8 Å². The highest BCUT2D eigenvalue weighted by Gasteiger charge is 2.10. The number of anilines is 1. The Hall–Kier alpha value is -3.41. The van der Waals surface area contributed by atoms with Crippen LogP contribution < -0.4 is 5.32 Å². The fourth-order valence-corrected chi connectivity index (χ4v) is 3.14. The van der Waals surface area contributed by atoms with Crippen LogP contribution in [0, 0.1) is 0 Å². The number of hydrogen-bond acceptors (Lipinski definition) is 3. The minimum absolute atomic E-state index is 0.0228. The Morgan fingerprint density at radius 3 is 2.69 bits per heavy atom. The number of fused-ring (bicyclic) bond motifs is 1. The zero-order valence-electron chi connectivity index (χ0n) is 14.5. The fourth-order valence-electron chi connectivity index (χ4n) is 3.14. The van der Waals surface area contributed by atoms with Gasteiger partial charge in [0.2, 0.25) is 5.91 Å². The first-order valence-corrected chi connectivity index (χ1v) is 8.43. The molecule has 26 heavy (non-hydrogen) atoms. The van der Waals surface area contributed by atoms with Crippen LogP contribution in [0.2, 0.25) is 0 Å². The zero-order valence-corrected chi connectivity index (χ0v) is 14.5. The first-order valence-electron chi connectivity index (χ1n) is 8.43. The molecule has 6 heteroatoms. The topological polar surface area (TPSA) is 64.7 Å². The van der Waals surface area contributed by atoms with Crippen molar-refractivity contribution >= 4 is 22.5 Å². The average molecular weight is 345 g/mol. The Bertz CT molecular complexity index is 1030. The van der Waals surface area contributed by atoms with Crippen molar-refractivity contribution in [1.82, 2.24) is 19.3 Å². The number of nitrogens with zero attached hydrogens (tertiary/aromatic N) is 4. The van der Waals surface area contributed by atoms with E-state index in [0.717, 1.165) is 27.7 Å². The number of hydrogen-bond donors (Lipinski definition) is 1. The molecule has 4 rings (SSSR count). The van der Waals surface area contributed by atoms with Gasteiger partial charge in [-0.1, -0.05) is 30.3 Å². The van der Waals surface area contributed by atoms with Crippen molar-refractivity contribution in [1.29, 1.82) is 0 Å². The Balaban J connectivity index is 1.43. The van der Waals surface area contributed by atoms with Crippen molar-refractivity contribution in [2.75, 3.05) is 5.32 Å². The minimum Gasteiger partial charge on any atom is -0.350 e. The van der Waals surface area contributed by atoms with E-state index in [0.29, 0.717) is 13.0 Å². The number of rotatable bonds is 5. The van der Waals surface area contributed by atoms with Gasteiger partial charge in [0.15, 0.2) is 0 Å². The highest BCUT2D eigenvalue weighted by atomic mass is 16.1. The van der Waals surface area contributed by atoms with Crippen molar-refractivity contribution in [2.45, 2.75) is 13.0 Å². The lowest BCUT2D eigenvalue weighted by Gasteiger charge is -2.07. The quantitative estimate of drug-likeness (QED) is 0.605. The number of amides is 1. The molecule has 0 aliphatic carbocycles. The van der Waals surface area contributed by atoms with Gasteiger partial charge >= 0.3 is 0 Å². The van der Waals surface area contributed by atoms with Crippen molar-refractivity contribution in [3.8, 4) is 0 Å². The molecular formula is C20H19N5O. The van der Waals surface area contributed by atoms with Crippen LogP contribution in [0.15, 0.2) is 67.4 Å². The van der Waals surface area contributed by atoms with Gasteiger partial charge in [0.1, 0.15) is 12.7 Å². The smallest absolute Gasteiger partial charge is 0.228 e. The Morgan fingerprint density at radius 1 is 1.12 bits per heavy atom. The summed E-state index contributed by atoms with van der Waals surface area (Å²) in [5, 5.41) is 8.18. The molecule has 130 valence electrons. The molecule has 0 atom stereocenters. The third-order valence-electron chi connectivity index (χ3n) is 4.38. The van der Waals surface area contributed by atoms with Crippen molar-refractivity contribution in [2.24, 2.45) is 7.05 Å². The lowest BCUT2D eigenvalue weighted by molar-refractivity contribution is -0.115. The van der Waals surface area contributed by atoms with Gasteiger partial charge in [-0.3, -0.25) is 4.79 Å². The molecular weight excluding hydrogens is 326 g/mol. The van der Waals surface area contributed by atoms with Gasteiger partial charge < -0.3 is 9.88 Å². The molecule has 0 radical (unpaired) electrons. The molecule has 2 aromatic carbocycles. The number of benzene rings is 2. The molecule has 6 nitrogen and oxygen atoms in total. The first-order chi connectivity index (χ1) is 12.7. The number of aromatic nitrogens is 4. The maximum Gasteiger partial charge on any atom is 0.228 e. The molecule has 2 heterocycles. The van der Waals surface area contributed by atoms with Gasteiger partial charge in [-0.25, -0.2) is 9.67 Å². The van der Waals surface area contributed by atoms with Gasteiger partial charge in [-0.15, -0.1) is 0 Å². The van der Waals surface area contributed by atoms with Crippen LogP contribution in [0.25, 0.3) is 10.9 Å². The molecule has 0 fully saturated rings. The van der Waals surface area contributed by atoms with E-state index in [1.165, 1.54) is 6.33 Å². The molecule has 1 N–H and O–H groups in total. The third-order valence-corrected chi connectivity index (χ3v) is 4.38. The van der Waals surface area contributed by atoms with E-state index in [-0.39, 0.29) is 5.91 Å². The third kappa shape index (κ3) is 3.35. The van der Waals surface area contributed by atoms with Crippen LogP contribution in [-0.4, -0.2) is 25.2 Å². The summed E-state index contributed by atoms with van der Waals surface area (Å²) in [4.78, 5) is 16.4. The van der Waals surface area contributed by atoms with Gasteiger partial charge in [0, 0.05) is 29.8 Å². The van der Waals surface area contributed by atoms with E-state index < -0.39 is 0 Å². The predicted octanol–water partition coefficient (Wildman–Crippen LogP) is 3.00. The number of carbonyl (C=O) groups excluding carboxylic acids is 1. The summed E-state index contributed by atoms with van der Waals surface area (Å²) >= 11 is 0. The number of nitrogens with one attached hydrogen (secondary N) is 1. The second kappa shape index (κ2) is 6.84. The molecule has 0 saturated carbocycles. The van der Waals surface area contributed by atoms with E-state index in [9.17, 15) is 4.79 Å². The zero-order chi connectivity index (χ0) is 17.9. The summed E-state index contributed by atoms with van der Waals surface area (Å²) in [5.74, 6) is -0.0228. The largest absolute Gasteiger partial charge is 0.350 e. The number of para-hydroxylation sites is 1. The molecule has 0 unspecified atom stereocenters. The Morgan fingerprint density at radius 2 is 1.92 bits per heavy atom. The Kier molecular flexibility index (Phi) is 4.23. The van der Waals surface area contributed by atoms with Crippen LogP contribution in [0.4, 0.5) is 5.69 Å². The van der Waals surface area contributed by atoms with E-state index in [2.05, 4.69) is 32.1 Å². The van der Waals surface area contributed by atoms with Crippen molar-refractivity contribution < 1.29 is 4.79 Å². The van der Waals surface area contributed by atoms with E-state index >= 15 is 0 Å². The summed E-state index contributed by atoms with van der Waals surface area (Å²) in [5.41, 5.74) is 4.05. The van der Waals surface area contributed by atoms with Gasteiger partial charge in [-0.05, 0) is 29.3 Å². The summed E-state index contributed by atoms with van der Waals surface area (Å²) < 4.78 is 3.81.